The van der Waals surface area contributed by atoms with Crippen LogP contribution in [0.2, 0.25) is 0 Å². The van der Waals surface area contributed by atoms with Crippen LogP contribution in [0, 0.1) is 34.6 Å². The van der Waals surface area contributed by atoms with Crippen LogP contribution in [0.4, 0.5) is 5.13 Å². The van der Waals surface area contributed by atoms with E-state index >= 15 is 0 Å². The van der Waals surface area contributed by atoms with Crippen molar-refractivity contribution in [1.82, 2.24) is 30.3 Å². The van der Waals surface area contributed by atoms with Gasteiger partial charge in [-0.15, -0.1) is 20.4 Å². The summed E-state index contributed by atoms with van der Waals surface area (Å²) < 4.78 is 1.90. The Kier molecular flexibility index (Phi) is 7.80. The number of hydrogen-bond donors (Lipinski definition) is 2. The van der Waals surface area contributed by atoms with Gasteiger partial charge in [0.2, 0.25) is 11.0 Å². The van der Waals surface area contributed by atoms with Crippen molar-refractivity contribution in [3.63, 3.8) is 0 Å². The van der Waals surface area contributed by atoms with Gasteiger partial charge in [-0.3, -0.25) is 19.5 Å². The lowest BCUT2D eigenvalue weighted by Crippen LogP contribution is -2.25. The second-order valence-corrected chi connectivity index (χ2v) is 10.6. The molecule has 4 aromatic rings. The maximum Gasteiger partial charge on any atom is 0.251 e. The minimum Gasteiger partial charge on any atom is -0.345 e. The first kappa shape index (κ1) is 25.5. The lowest BCUT2D eigenvalue weighted by Gasteiger charge is -2.14. The van der Waals surface area contributed by atoms with Gasteiger partial charge < -0.3 is 5.32 Å². The lowest BCUT2D eigenvalue weighted by molar-refractivity contribution is -0.113. The molecular weight excluding hydrogens is 494 g/mol. The average Bonchev–Trinajstić information content (AvgIpc) is 3.44. The highest BCUT2D eigenvalue weighted by molar-refractivity contribution is 7.99. The van der Waals surface area contributed by atoms with Crippen LogP contribution in [0.1, 0.15) is 43.4 Å². The number of aromatic nitrogens is 5. The standard InChI is InChI=1S/C25H27N7O2S2/c1-14-6-7-16(3)20(10-14)32-21(12-26-23(34)19-9-8-15(2)17(4)11-19)29-31-25(32)35-13-22(33)27-24-30-28-18(5)36-24/h6-11H,12-13H2,1-5H3,(H,26,34)(H,27,30,33). The number of carbonyl (C=O) groups excluding carboxylic acids is 2. The molecule has 2 heterocycles. The highest BCUT2D eigenvalue weighted by Gasteiger charge is 2.19. The van der Waals surface area contributed by atoms with Crippen LogP contribution in [-0.4, -0.2) is 42.5 Å². The van der Waals surface area contributed by atoms with Crippen molar-refractivity contribution in [2.45, 2.75) is 46.3 Å². The molecule has 0 saturated carbocycles. The largest absolute Gasteiger partial charge is 0.345 e. The fourth-order valence-electron chi connectivity index (χ4n) is 3.49. The molecule has 0 atom stereocenters. The number of rotatable bonds is 8. The summed E-state index contributed by atoms with van der Waals surface area (Å²) in [7, 11) is 0. The number of nitrogens with zero attached hydrogens (tertiary/aromatic N) is 5. The van der Waals surface area contributed by atoms with E-state index in [9.17, 15) is 9.59 Å². The summed E-state index contributed by atoms with van der Waals surface area (Å²) in [5, 5.41) is 24.0. The summed E-state index contributed by atoms with van der Waals surface area (Å²) in [5.74, 6) is 0.297. The second-order valence-electron chi connectivity index (χ2n) is 8.47. The van der Waals surface area contributed by atoms with Gasteiger partial charge >= 0.3 is 0 Å². The molecule has 0 aliphatic heterocycles. The van der Waals surface area contributed by atoms with Crippen LogP contribution in [-0.2, 0) is 11.3 Å². The number of aryl methyl sites for hydroxylation is 5. The summed E-state index contributed by atoms with van der Waals surface area (Å²) in [6.07, 6.45) is 0. The SMILES string of the molecule is Cc1ccc(C)c(-n2c(CNC(=O)c3ccc(C)c(C)c3)nnc2SCC(=O)Nc2nnc(C)s2)c1. The van der Waals surface area contributed by atoms with Crippen molar-refractivity contribution in [3.8, 4) is 5.69 Å². The molecule has 2 N–H and O–H groups in total. The van der Waals surface area contributed by atoms with Gasteiger partial charge in [0.25, 0.3) is 5.91 Å². The first-order valence-corrected chi connectivity index (χ1v) is 13.1. The molecule has 186 valence electrons. The summed E-state index contributed by atoms with van der Waals surface area (Å²) in [6, 6.07) is 11.7. The lowest BCUT2D eigenvalue weighted by atomic mass is 10.1. The Labute approximate surface area is 217 Å². The van der Waals surface area contributed by atoms with Crippen molar-refractivity contribution >= 4 is 40.0 Å². The molecule has 2 aromatic carbocycles. The molecule has 2 amide bonds. The second kappa shape index (κ2) is 11.0. The van der Waals surface area contributed by atoms with E-state index in [-0.39, 0.29) is 24.1 Å². The van der Waals surface area contributed by atoms with Crippen LogP contribution < -0.4 is 10.6 Å². The van der Waals surface area contributed by atoms with Gasteiger partial charge in [-0.1, -0.05) is 41.3 Å². The van der Waals surface area contributed by atoms with Crippen molar-refractivity contribution < 1.29 is 9.59 Å². The van der Waals surface area contributed by atoms with Crippen LogP contribution in [0.5, 0.6) is 0 Å². The first-order chi connectivity index (χ1) is 17.2. The molecule has 0 aliphatic carbocycles. The van der Waals surface area contributed by atoms with Crippen LogP contribution in [0.25, 0.3) is 5.69 Å². The molecule has 0 unspecified atom stereocenters. The van der Waals surface area contributed by atoms with E-state index in [0.29, 0.717) is 21.7 Å². The summed E-state index contributed by atoms with van der Waals surface area (Å²) in [4.78, 5) is 25.3. The minimum absolute atomic E-state index is 0.122. The van der Waals surface area contributed by atoms with Gasteiger partial charge in [-0.05, 0) is 75.1 Å². The number of amides is 2. The maximum absolute atomic E-state index is 12.8. The zero-order chi connectivity index (χ0) is 25.8. The Hall–Kier alpha value is -3.57. The van der Waals surface area contributed by atoms with Crippen molar-refractivity contribution in [2.24, 2.45) is 0 Å². The Morgan fingerprint density at radius 2 is 1.69 bits per heavy atom. The third-order valence-corrected chi connectivity index (χ3v) is 7.27. The quantitative estimate of drug-likeness (QED) is 0.332. The Morgan fingerprint density at radius 1 is 0.917 bits per heavy atom. The van der Waals surface area contributed by atoms with E-state index in [4.69, 9.17) is 0 Å². The number of hydrogen-bond acceptors (Lipinski definition) is 8. The Balaban J connectivity index is 1.55. The molecule has 0 aliphatic rings. The molecule has 2 aromatic heterocycles. The fourth-order valence-corrected chi connectivity index (χ4v) is 4.86. The molecular formula is C25H27N7O2S2. The Bertz CT molecular complexity index is 1430. The van der Waals surface area contributed by atoms with Gasteiger partial charge in [-0.2, -0.15) is 0 Å². The number of nitrogens with one attached hydrogen (secondary N) is 2. The van der Waals surface area contributed by atoms with E-state index in [2.05, 4.69) is 31.0 Å². The summed E-state index contributed by atoms with van der Waals surface area (Å²) in [5.41, 5.74) is 5.79. The predicted molar refractivity (Wildman–Crippen MR) is 142 cm³/mol. The van der Waals surface area contributed by atoms with E-state index in [1.54, 1.807) is 0 Å². The summed E-state index contributed by atoms with van der Waals surface area (Å²) >= 11 is 2.58. The fraction of sp³-hybridized carbons (Fsp3) is 0.280. The van der Waals surface area contributed by atoms with Crippen molar-refractivity contribution in [3.05, 3.63) is 75.0 Å². The topological polar surface area (TPSA) is 115 Å². The van der Waals surface area contributed by atoms with Crippen LogP contribution >= 0.6 is 23.1 Å². The number of anilines is 1. The van der Waals surface area contributed by atoms with Crippen LogP contribution in [0.15, 0.2) is 41.6 Å². The molecule has 0 radical (unpaired) electrons. The highest BCUT2D eigenvalue weighted by Crippen LogP contribution is 2.26. The van der Waals surface area contributed by atoms with Gasteiger partial charge in [0.15, 0.2) is 11.0 Å². The van der Waals surface area contributed by atoms with Gasteiger partial charge in [0.05, 0.1) is 18.0 Å². The molecule has 0 saturated heterocycles. The van der Waals surface area contributed by atoms with E-state index in [0.717, 1.165) is 32.9 Å². The molecule has 36 heavy (non-hydrogen) atoms. The van der Waals surface area contributed by atoms with Crippen molar-refractivity contribution in [1.29, 1.82) is 0 Å². The maximum atomic E-state index is 12.8. The number of carbonyl (C=O) groups is 2. The highest BCUT2D eigenvalue weighted by atomic mass is 32.2. The van der Waals surface area contributed by atoms with E-state index in [1.165, 1.54) is 23.1 Å². The van der Waals surface area contributed by atoms with Crippen molar-refractivity contribution in [2.75, 3.05) is 11.1 Å². The third kappa shape index (κ3) is 5.97. The molecule has 4 rings (SSSR count). The van der Waals surface area contributed by atoms with E-state index < -0.39 is 0 Å². The number of benzene rings is 2. The van der Waals surface area contributed by atoms with Gasteiger partial charge in [0, 0.05) is 5.56 Å². The van der Waals surface area contributed by atoms with Gasteiger partial charge in [-0.25, -0.2) is 0 Å². The van der Waals surface area contributed by atoms with Gasteiger partial charge in [0.1, 0.15) is 5.01 Å². The molecule has 0 fully saturated rings. The smallest absolute Gasteiger partial charge is 0.251 e. The molecule has 0 spiro atoms. The average molecular weight is 522 g/mol. The molecule has 0 bridgehead atoms. The molecule has 9 nitrogen and oxygen atoms in total. The Morgan fingerprint density at radius 3 is 2.42 bits per heavy atom. The zero-order valence-corrected chi connectivity index (χ0v) is 22.4. The summed E-state index contributed by atoms with van der Waals surface area (Å²) in [6.45, 7) is 10.0. The zero-order valence-electron chi connectivity index (χ0n) is 20.7. The predicted octanol–water partition coefficient (Wildman–Crippen LogP) is 4.32. The van der Waals surface area contributed by atoms with Crippen LogP contribution in [0.3, 0.4) is 0 Å². The van der Waals surface area contributed by atoms with E-state index in [1.807, 2.05) is 75.6 Å². The number of thioether (sulfide) groups is 1. The molecule has 11 heteroatoms. The third-order valence-electron chi connectivity index (χ3n) is 5.59. The minimum atomic E-state index is -0.212. The normalized spacial score (nSPS) is 10.9. The monoisotopic (exact) mass is 521 g/mol. The first-order valence-electron chi connectivity index (χ1n) is 11.3.